The quantitative estimate of drug-likeness (QED) is 0.804. The third kappa shape index (κ3) is 2.96. The molecule has 0 saturated carbocycles. The van der Waals surface area contributed by atoms with Gasteiger partial charge in [-0.05, 0) is 26.0 Å². The lowest BCUT2D eigenvalue weighted by atomic mass is 10.2. The number of aromatic nitrogens is 1. The van der Waals surface area contributed by atoms with Crippen LogP contribution in [-0.2, 0) is 4.74 Å². The first-order valence-corrected chi connectivity index (χ1v) is 4.54. The SMILES string of the molecule is COC(C)[C@@H](C)Nc1ccc(F)cn1. The van der Waals surface area contributed by atoms with E-state index in [2.05, 4.69) is 10.3 Å². The average molecular weight is 198 g/mol. The van der Waals surface area contributed by atoms with Gasteiger partial charge in [-0.3, -0.25) is 0 Å². The van der Waals surface area contributed by atoms with Crippen molar-refractivity contribution in [3.05, 3.63) is 24.1 Å². The maximum absolute atomic E-state index is 12.5. The first kappa shape index (κ1) is 10.9. The highest BCUT2D eigenvalue weighted by Gasteiger charge is 2.10. The van der Waals surface area contributed by atoms with Crippen LogP contribution in [0.3, 0.4) is 0 Å². The Morgan fingerprint density at radius 3 is 2.64 bits per heavy atom. The van der Waals surface area contributed by atoms with Crippen LogP contribution in [0.5, 0.6) is 0 Å². The fourth-order valence-corrected chi connectivity index (χ4v) is 1.02. The van der Waals surface area contributed by atoms with Crippen LogP contribution in [0.2, 0.25) is 0 Å². The molecule has 0 radical (unpaired) electrons. The molecule has 2 atom stereocenters. The standard InChI is InChI=1S/C10H15FN2O/c1-7(8(2)14-3)13-10-5-4-9(11)6-12-10/h4-8H,1-3H3,(H,12,13)/t7-,8?/m1/s1. The summed E-state index contributed by atoms with van der Waals surface area (Å²) in [5, 5.41) is 3.12. The van der Waals surface area contributed by atoms with Gasteiger partial charge in [0.05, 0.1) is 18.3 Å². The van der Waals surface area contributed by atoms with Crippen LogP contribution in [0.25, 0.3) is 0 Å². The fourth-order valence-electron chi connectivity index (χ4n) is 1.02. The molecule has 1 heterocycles. The Bertz CT molecular complexity index is 276. The Morgan fingerprint density at radius 1 is 1.43 bits per heavy atom. The number of nitrogens with one attached hydrogen (secondary N) is 1. The van der Waals surface area contributed by atoms with Crippen molar-refractivity contribution in [3.63, 3.8) is 0 Å². The molecule has 0 spiro atoms. The molecule has 0 saturated heterocycles. The summed E-state index contributed by atoms with van der Waals surface area (Å²) in [6.45, 7) is 3.94. The number of hydrogen-bond acceptors (Lipinski definition) is 3. The highest BCUT2D eigenvalue weighted by molar-refractivity contribution is 5.34. The normalized spacial score (nSPS) is 14.9. The Morgan fingerprint density at radius 2 is 2.14 bits per heavy atom. The van der Waals surface area contributed by atoms with E-state index >= 15 is 0 Å². The van der Waals surface area contributed by atoms with Crippen LogP contribution in [-0.4, -0.2) is 24.2 Å². The topological polar surface area (TPSA) is 34.1 Å². The first-order valence-electron chi connectivity index (χ1n) is 4.54. The minimum absolute atomic E-state index is 0.0850. The summed E-state index contributed by atoms with van der Waals surface area (Å²) in [5.41, 5.74) is 0. The Labute approximate surface area is 83.3 Å². The zero-order valence-corrected chi connectivity index (χ0v) is 8.62. The zero-order valence-electron chi connectivity index (χ0n) is 8.62. The lowest BCUT2D eigenvalue weighted by Crippen LogP contribution is -2.29. The van der Waals surface area contributed by atoms with Crippen molar-refractivity contribution in [3.8, 4) is 0 Å². The number of anilines is 1. The summed E-state index contributed by atoms with van der Waals surface area (Å²) in [4.78, 5) is 3.89. The number of rotatable bonds is 4. The summed E-state index contributed by atoms with van der Waals surface area (Å²) in [6, 6.07) is 3.12. The highest BCUT2D eigenvalue weighted by Crippen LogP contribution is 2.08. The average Bonchev–Trinajstić information content (AvgIpc) is 2.20. The van der Waals surface area contributed by atoms with Crippen molar-refractivity contribution in [2.45, 2.75) is 26.0 Å². The van der Waals surface area contributed by atoms with Gasteiger partial charge in [-0.1, -0.05) is 0 Å². The lowest BCUT2D eigenvalue weighted by molar-refractivity contribution is 0.106. The van der Waals surface area contributed by atoms with Gasteiger partial charge < -0.3 is 10.1 Å². The van der Waals surface area contributed by atoms with Crippen LogP contribution in [0.4, 0.5) is 10.2 Å². The third-order valence-electron chi connectivity index (χ3n) is 2.18. The van der Waals surface area contributed by atoms with Gasteiger partial charge in [0.2, 0.25) is 0 Å². The second kappa shape index (κ2) is 4.91. The van der Waals surface area contributed by atoms with E-state index in [9.17, 15) is 4.39 Å². The number of methoxy groups -OCH3 is 1. The van der Waals surface area contributed by atoms with Gasteiger partial charge in [0, 0.05) is 7.11 Å². The van der Waals surface area contributed by atoms with Crippen LogP contribution in [0, 0.1) is 5.82 Å². The van der Waals surface area contributed by atoms with Gasteiger partial charge in [-0.25, -0.2) is 9.37 Å². The highest BCUT2D eigenvalue weighted by atomic mass is 19.1. The molecule has 0 amide bonds. The maximum atomic E-state index is 12.5. The lowest BCUT2D eigenvalue weighted by Gasteiger charge is -2.20. The molecular formula is C10H15FN2O. The van der Waals surface area contributed by atoms with Gasteiger partial charge in [0.1, 0.15) is 11.6 Å². The molecule has 14 heavy (non-hydrogen) atoms. The van der Waals surface area contributed by atoms with Crippen molar-refractivity contribution >= 4 is 5.82 Å². The molecule has 3 nitrogen and oxygen atoms in total. The van der Waals surface area contributed by atoms with Gasteiger partial charge >= 0.3 is 0 Å². The maximum Gasteiger partial charge on any atom is 0.141 e. The van der Waals surface area contributed by atoms with E-state index in [1.807, 2.05) is 13.8 Å². The minimum Gasteiger partial charge on any atom is -0.380 e. The summed E-state index contributed by atoms with van der Waals surface area (Å²) < 4.78 is 17.7. The van der Waals surface area contributed by atoms with E-state index in [-0.39, 0.29) is 18.0 Å². The molecule has 0 bridgehead atoms. The molecule has 1 aromatic rings. The summed E-state index contributed by atoms with van der Waals surface area (Å²) in [7, 11) is 1.65. The molecule has 0 aliphatic carbocycles. The van der Waals surface area contributed by atoms with E-state index in [1.54, 1.807) is 13.2 Å². The van der Waals surface area contributed by atoms with Gasteiger partial charge in [0.15, 0.2) is 0 Å². The number of halogens is 1. The smallest absolute Gasteiger partial charge is 0.141 e. The molecule has 1 rings (SSSR count). The number of pyridine rings is 1. The molecule has 0 aliphatic rings. The van der Waals surface area contributed by atoms with E-state index in [0.717, 1.165) is 0 Å². The summed E-state index contributed by atoms with van der Waals surface area (Å²) in [5.74, 6) is 0.325. The molecule has 1 N–H and O–H groups in total. The van der Waals surface area contributed by atoms with Crippen molar-refractivity contribution in [2.75, 3.05) is 12.4 Å². The Hall–Kier alpha value is -1.16. The van der Waals surface area contributed by atoms with Gasteiger partial charge in [-0.2, -0.15) is 0 Å². The van der Waals surface area contributed by atoms with Crippen molar-refractivity contribution in [2.24, 2.45) is 0 Å². The van der Waals surface area contributed by atoms with E-state index < -0.39 is 0 Å². The largest absolute Gasteiger partial charge is 0.380 e. The molecule has 1 unspecified atom stereocenters. The van der Waals surface area contributed by atoms with Crippen LogP contribution < -0.4 is 5.32 Å². The first-order chi connectivity index (χ1) is 6.63. The minimum atomic E-state index is -0.331. The summed E-state index contributed by atoms with van der Waals surface area (Å²) >= 11 is 0. The number of hydrogen-bond donors (Lipinski definition) is 1. The molecule has 1 aromatic heterocycles. The molecule has 4 heteroatoms. The second-order valence-corrected chi connectivity index (χ2v) is 3.24. The fraction of sp³-hybridized carbons (Fsp3) is 0.500. The Balaban J connectivity index is 2.56. The van der Waals surface area contributed by atoms with Crippen molar-refractivity contribution < 1.29 is 9.13 Å². The third-order valence-corrected chi connectivity index (χ3v) is 2.18. The monoisotopic (exact) mass is 198 g/mol. The Kier molecular flexibility index (Phi) is 3.83. The van der Waals surface area contributed by atoms with Crippen molar-refractivity contribution in [1.29, 1.82) is 0 Å². The predicted octanol–water partition coefficient (Wildman–Crippen LogP) is 2.06. The van der Waals surface area contributed by atoms with Crippen LogP contribution in [0.1, 0.15) is 13.8 Å². The van der Waals surface area contributed by atoms with E-state index in [1.165, 1.54) is 12.3 Å². The predicted molar refractivity (Wildman–Crippen MR) is 53.8 cm³/mol. The molecule has 0 aromatic carbocycles. The van der Waals surface area contributed by atoms with Crippen molar-refractivity contribution in [1.82, 2.24) is 4.98 Å². The number of nitrogens with zero attached hydrogens (tertiary/aromatic N) is 1. The van der Waals surface area contributed by atoms with Crippen LogP contribution in [0.15, 0.2) is 18.3 Å². The molecule has 0 aliphatic heterocycles. The molecular weight excluding hydrogens is 183 g/mol. The molecule has 78 valence electrons. The van der Waals surface area contributed by atoms with E-state index in [4.69, 9.17) is 4.74 Å². The van der Waals surface area contributed by atoms with Gasteiger partial charge in [-0.15, -0.1) is 0 Å². The van der Waals surface area contributed by atoms with E-state index in [0.29, 0.717) is 5.82 Å². The zero-order chi connectivity index (χ0) is 10.6. The van der Waals surface area contributed by atoms with Crippen LogP contribution >= 0.6 is 0 Å². The summed E-state index contributed by atoms with van der Waals surface area (Å²) in [6.07, 6.45) is 1.27. The second-order valence-electron chi connectivity index (χ2n) is 3.24. The molecule has 0 fully saturated rings. The van der Waals surface area contributed by atoms with Gasteiger partial charge in [0.25, 0.3) is 0 Å². The number of ether oxygens (including phenoxy) is 1.